The first-order chi connectivity index (χ1) is 15.2. The average molecular weight is 451 g/mol. The van der Waals surface area contributed by atoms with Crippen LogP contribution in [0.4, 0.5) is 5.69 Å². The molecule has 6 nitrogen and oxygen atoms in total. The predicted octanol–water partition coefficient (Wildman–Crippen LogP) is 5.48. The number of para-hydroxylation sites is 2. The summed E-state index contributed by atoms with van der Waals surface area (Å²) in [6, 6.07) is 15.6. The number of carbonyl (C=O) groups excluding carboxylic acids is 1. The van der Waals surface area contributed by atoms with Gasteiger partial charge in [-0.2, -0.15) is 0 Å². The van der Waals surface area contributed by atoms with Crippen molar-refractivity contribution in [2.24, 2.45) is 0 Å². The van der Waals surface area contributed by atoms with Crippen LogP contribution < -0.4 is 10.1 Å². The second-order valence-electron chi connectivity index (χ2n) is 6.62. The number of ether oxygens (including phenoxy) is 1. The number of amides is 1. The van der Waals surface area contributed by atoms with E-state index in [4.69, 9.17) is 4.74 Å². The van der Waals surface area contributed by atoms with Gasteiger partial charge in [-0.15, -0.1) is 28.1 Å². The SMILES string of the molecule is C=CCn1c(SCC(=O)Nc2ccccc2OCC)nnc1-c1csc2ccccc12. The Hall–Kier alpha value is -3.10. The third kappa shape index (κ3) is 4.65. The summed E-state index contributed by atoms with van der Waals surface area (Å²) in [5, 5.41) is 15.6. The van der Waals surface area contributed by atoms with Gasteiger partial charge in [-0.1, -0.05) is 48.2 Å². The van der Waals surface area contributed by atoms with Crippen LogP contribution in [0.1, 0.15) is 6.92 Å². The molecule has 0 aliphatic carbocycles. The zero-order valence-corrected chi connectivity index (χ0v) is 18.7. The van der Waals surface area contributed by atoms with Gasteiger partial charge in [0.1, 0.15) is 5.75 Å². The van der Waals surface area contributed by atoms with Crippen molar-refractivity contribution in [3.8, 4) is 17.1 Å². The Morgan fingerprint density at radius 1 is 1.23 bits per heavy atom. The Bertz CT molecular complexity index is 1220. The zero-order valence-electron chi connectivity index (χ0n) is 17.1. The molecule has 0 radical (unpaired) electrons. The second kappa shape index (κ2) is 9.80. The summed E-state index contributed by atoms with van der Waals surface area (Å²) in [7, 11) is 0. The van der Waals surface area contributed by atoms with Gasteiger partial charge in [-0.05, 0) is 25.1 Å². The summed E-state index contributed by atoms with van der Waals surface area (Å²) in [5.74, 6) is 1.51. The first-order valence-electron chi connectivity index (χ1n) is 9.86. The molecule has 4 rings (SSSR count). The molecule has 158 valence electrons. The number of nitrogens with zero attached hydrogens (tertiary/aromatic N) is 3. The van der Waals surface area contributed by atoms with Crippen molar-refractivity contribution >= 4 is 44.8 Å². The molecule has 1 amide bonds. The van der Waals surface area contributed by atoms with Crippen LogP contribution in [-0.4, -0.2) is 33.0 Å². The quantitative estimate of drug-likeness (QED) is 0.270. The highest BCUT2D eigenvalue weighted by atomic mass is 32.2. The Morgan fingerprint density at radius 2 is 2.03 bits per heavy atom. The van der Waals surface area contributed by atoms with Crippen LogP contribution in [0.5, 0.6) is 5.75 Å². The summed E-state index contributed by atoms with van der Waals surface area (Å²) in [4.78, 5) is 12.6. The van der Waals surface area contributed by atoms with E-state index in [0.29, 0.717) is 29.7 Å². The molecule has 4 aromatic rings. The normalized spacial score (nSPS) is 10.9. The third-order valence-electron chi connectivity index (χ3n) is 4.54. The number of thioether (sulfide) groups is 1. The number of allylic oxidation sites excluding steroid dienone is 1. The maximum Gasteiger partial charge on any atom is 0.234 e. The minimum absolute atomic E-state index is 0.132. The fraction of sp³-hybridized carbons (Fsp3) is 0.174. The lowest BCUT2D eigenvalue weighted by molar-refractivity contribution is -0.113. The van der Waals surface area contributed by atoms with Crippen LogP contribution in [0, 0.1) is 0 Å². The van der Waals surface area contributed by atoms with Crippen LogP contribution in [0.25, 0.3) is 21.5 Å². The van der Waals surface area contributed by atoms with Gasteiger partial charge in [-0.3, -0.25) is 9.36 Å². The van der Waals surface area contributed by atoms with E-state index >= 15 is 0 Å². The Kier molecular flexibility index (Phi) is 6.69. The van der Waals surface area contributed by atoms with Crippen molar-refractivity contribution in [2.45, 2.75) is 18.6 Å². The van der Waals surface area contributed by atoms with E-state index in [-0.39, 0.29) is 11.7 Å². The fourth-order valence-corrected chi connectivity index (χ4v) is 4.89. The molecule has 2 aromatic carbocycles. The summed E-state index contributed by atoms with van der Waals surface area (Å²) < 4.78 is 8.77. The highest BCUT2D eigenvalue weighted by molar-refractivity contribution is 7.99. The number of anilines is 1. The molecule has 2 heterocycles. The fourth-order valence-electron chi connectivity index (χ4n) is 3.21. The molecule has 0 saturated carbocycles. The number of nitrogens with one attached hydrogen (secondary N) is 1. The summed E-state index contributed by atoms with van der Waals surface area (Å²) in [6.07, 6.45) is 1.81. The second-order valence-corrected chi connectivity index (χ2v) is 8.47. The Labute approximate surface area is 189 Å². The number of hydrogen-bond acceptors (Lipinski definition) is 6. The monoisotopic (exact) mass is 450 g/mol. The summed E-state index contributed by atoms with van der Waals surface area (Å²) in [6.45, 7) is 6.87. The molecule has 0 fully saturated rings. The van der Waals surface area contributed by atoms with E-state index in [9.17, 15) is 4.79 Å². The molecule has 1 N–H and O–H groups in total. The van der Waals surface area contributed by atoms with Gasteiger partial charge in [0.05, 0.1) is 18.0 Å². The van der Waals surface area contributed by atoms with Crippen LogP contribution in [0.2, 0.25) is 0 Å². The van der Waals surface area contributed by atoms with Gasteiger partial charge in [0.2, 0.25) is 5.91 Å². The minimum Gasteiger partial charge on any atom is -0.492 e. The largest absolute Gasteiger partial charge is 0.492 e. The van der Waals surface area contributed by atoms with Gasteiger partial charge in [0.15, 0.2) is 11.0 Å². The van der Waals surface area contributed by atoms with Gasteiger partial charge in [-0.25, -0.2) is 0 Å². The number of benzene rings is 2. The van der Waals surface area contributed by atoms with E-state index in [1.54, 1.807) is 11.3 Å². The Morgan fingerprint density at radius 3 is 2.87 bits per heavy atom. The molecule has 0 aliphatic rings. The van der Waals surface area contributed by atoms with Crippen molar-refractivity contribution in [2.75, 3.05) is 17.7 Å². The summed E-state index contributed by atoms with van der Waals surface area (Å²) >= 11 is 3.03. The highest BCUT2D eigenvalue weighted by Gasteiger charge is 2.18. The van der Waals surface area contributed by atoms with Crippen molar-refractivity contribution in [1.29, 1.82) is 0 Å². The first kappa shape index (κ1) is 21.1. The van der Waals surface area contributed by atoms with Crippen molar-refractivity contribution in [1.82, 2.24) is 14.8 Å². The molecule has 0 aliphatic heterocycles. The topological polar surface area (TPSA) is 69.0 Å². The van der Waals surface area contributed by atoms with E-state index in [1.807, 2.05) is 54.0 Å². The summed E-state index contributed by atoms with van der Waals surface area (Å²) in [5.41, 5.74) is 1.70. The maximum absolute atomic E-state index is 12.6. The molecule has 0 atom stereocenters. The minimum atomic E-state index is -0.132. The lowest BCUT2D eigenvalue weighted by Gasteiger charge is -2.11. The number of carbonyl (C=O) groups is 1. The maximum atomic E-state index is 12.6. The molecule has 8 heteroatoms. The van der Waals surface area contributed by atoms with Crippen LogP contribution in [-0.2, 0) is 11.3 Å². The smallest absolute Gasteiger partial charge is 0.234 e. The molecular weight excluding hydrogens is 428 g/mol. The van der Waals surface area contributed by atoms with Crippen molar-refractivity contribution < 1.29 is 9.53 Å². The van der Waals surface area contributed by atoms with Crippen LogP contribution >= 0.6 is 23.1 Å². The number of rotatable bonds is 9. The number of thiophene rings is 1. The standard InChI is InChI=1S/C23H22N4O2S2/c1-3-13-27-22(17-14-30-20-12-8-5-9-16(17)20)25-26-23(27)31-15-21(28)24-18-10-6-7-11-19(18)29-4-2/h3,5-12,14H,1,4,13,15H2,2H3,(H,24,28). The van der Waals surface area contributed by atoms with Gasteiger partial charge < -0.3 is 10.1 Å². The van der Waals surface area contributed by atoms with Gasteiger partial charge in [0, 0.05) is 27.6 Å². The van der Waals surface area contributed by atoms with Gasteiger partial charge >= 0.3 is 0 Å². The molecule has 2 aromatic heterocycles. The van der Waals surface area contributed by atoms with Crippen LogP contribution in [0.15, 0.2) is 71.7 Å². The number of fused-ring (bicyclic) bond motifs is 1. The lowest BCUT2D eigenvalue weighted by Crippen LogP contribution is -2.15. The first-order valence-corrected chi connectivity index (χ1v) is 11.7. The Balaban J connectivity index is 1.52. The van der Waals surface area contributed by atoms with Crippen LogP contribution in [0.3, 0.4) is 0 Å². The molecule has 0 unspecified atom stereocenters. The molecule has 0 saturated heterocycles. The predicted molar refractivity (Wildman–Crippen MR) is 128 cm³/mol. The van der Waals surface area contributed by atoms with Gasteiger partial charge in [0.25, 0.3) is 0 Å². The highest BCUT2D eigenvalue weighted by Crippen LogP contribution is 2.34. The number of hydrogen-bond donors (Lipinski definition) is 1. The van der Waals surface area contributed by atoms with Crippen molar-refractivity contribution in [3.63, 3.8) is 0 Å². The van der Waals surface area contributed by atoms with E-state index < -0.39 is 0 Å². The van der Waals surface area contributed by atoms with Crippen molar-refractivity contribution in [3.05, 3.63) is 66.6 Å². The third-order valence-corrected chi connectivity index (χ3v) is 6.47. The molecule has 0 spiro atoms. The lowest BCUT2D eigenvalue weighted by atomic mass is 10.1. The average Bonchev–Trinajstić information content (AvgIpc) is 3.38. The zero-order chi connectivity index (χ0) is 21.6. The van der Waals surface area contributed by atoms with E-state index in [0.717, 1.165) is 16.8 Å². The molecular formula is C23H22N4O2S2. The number of aromatic nitrogens is 3. The molecule has 0 bridgehead atoms. The molecule has 31 heavy (non-hydrogen) atoms. The van der Waals surface area contributed by atoms with E-state index in [1.165, 1.54) is 16.5 Å². The van der Waals surface area contributed by atoms with E-state index in [2.05, 4.69) is 39.6 Å².